The van der Waals surface area contributed by atoms with E-state index in [0.29, 0.717) is 17.0 Å². The first-order valence-electron chi connectivity index (χ1n) is 2.32. The topological polar surface area (TPSA) is 40.5 Å². The van der Waals surface area contributed by atoms with Crippen molar-refractivity contribution in [3.63, 3.8) is 0 Å². The normalized spacial score (nSPS) is 20.4. The predicted octanol–water partition coefficient (Wildman–Crippen LogP) is 0.784. The van der Waals surface area contributed by atoms with Crippen LogP contribution >= 0.6 is 22.6 Å². The number of carboxylic acid groups (broad SMARTS) is 1. The Kier molecular flexibility index (Phi) is 1.59. The molecule has 1 amide bonds. The van der Waals surface area contributed by atoms with E-state index in [1.807, 2.05) is 0 Å². The number of alkyl halides is 1. The van der Waals surface area contributed by atoms with E-state index < -0.39 is 6.09 Å². The smallest absolute Gasteiger partial charge is 0.407 e. The molecule has 1 aliphatic rings. The maximum atomic E-state index is 10.0. The first-order chi connectivity index (χ1) is 3.70. The summed E-state index contributed by atoms with van der Waals surface area (Å²) < 4.78 is 0.545. The summed E-state index contributed by atoms with van der Waals surface area (Å²) in [5.74, 6) is 0. The van der Waals surface area contributed by atoms with Crippen LogP contribution in [0.2, 0.25) is 0 Å². The van der Waals surface area contributed by atoms with E-state index in [2.05, 4.69) is 22.6 Å². The third-order valence-electron chi connectivity index (χ3n) is 1.11. The van der Waals surface area contributed by atoms with Gasteiger partial charge < -0.3 is 10.0 Å². The number of nitrogens with zero attached hydrogens (tertiary/aromatic N) is 1. The second-order valence-corrected chi connectivity index (χ2v) is 3.55. The van der Waals surface area contributed by atoms with Crippen molar-refractivity contribution in [2.75, 3.05) is 13.1 Å². The van der Waals surface area contributed by atoms with Crippen molar-refractivity contribution in [2.45, 2.75) is 3.92 Å². The Morgan fingerprint density at radius 3 is 2.38 bits per heavy atom. The molecule has 0 radical (unpaired) electrons. The van der Waals surface area contributed by atoms with Gasteiger partial charge in [0.05, 0.1) is 0 Å². The number of hydrogen-bond acceptors (Lipinski definition) is 1. The molecule has 1 heterocycles. The first-order valence-corrected chi connectivity index (χ1v) is 3.56. The van der Waals surface area contributed by atoms with E-state index in [9.17, 15) is 4.79 Å². The van der Waals surface area contributed by atoms with Gasteiger partial charge in [-0.1, -0.05) is 22.6 Å². The molecule has 1 fully saturated rings. The van der Waals surface area contributed by atoms with Crippen LogP contribution in [0.4, 0.5) is 4.79 Å². The Hall–Kier alpha value is 0. The fourth-order valence-electron chi connectivity index (χ4n) is 0.581. The molecule has 4 heteroatoms. The minimum absolute atomic E-state index is 0.545. The molecule has 0 aliphatic carbocycles. The minimum Gasteiger partial charge on any atom is -0.465 e. The van der Waals surface area contributed by atoms with Gasteiger partial charge in [0.15, 0.2) is 0 Å². The van der Waals surface area contributed by atoms with E-state index >= 15 is 0 Å². The fraction of sp³-hybridized carbons (Fsp3) is 0.750. The van der Waals surface area contributed by atoms with Gasteiger partial charge in [0.2, 0.25) is 0 Å². The second-order valence-electron chi connectivity index (χ2n) is 1.78. The minimum atomic E-state index is -0.794. The largest absolute Gasteiger partial charge is 0.465 e. The van der Waals surface area contributed by atoms with Gasteiger partial charge in [-0.3, -0.25) is 0 Å². The summed E-state index contributed by atoms with van der Waals surface area (Å²) in [5, 5.41) is 8.27. The van der Waals surface area contributed by atoms with Crippen LogP contribution in [0.1, 0.15) is 0 Å². The molecule has 1 rings (SSSR count). The van der Waals surface area contributed by atoms with Gasteiger partial charge in [0.25, 0.3) is 0 Å². The molecule has 1 aliphatic heterocycles. The summed E-state index contributed by atoms with van der Waals surface area (Å²) in [6.45, 7) is 1.41. The number of likely N-dealkylation sites (tertiary alicyclic amines) is 1. The summed E-state index contributed by atoms with van der Waals surface area (Å²) in [7, 11) is 0. The number of hydrogen-bond donors (Lipinski definition) is 1. The van der Waals surface area contributed by atoms with Crippen molar-refractivity contribution in [3.05, 3.63) is 0 Å². The summed E-state index contributed by atoms with van der Waals surface area (Å²) in [4.78, 5) is 11.4. The van der Waals surface area contributed by atoms with Gasteiger partial charge in [-0.25, -0.2) is 4.79 Å². The van der Waals surface area contributed by atoms with Gasteiger partial charge in [-0.15, -0.1) is 0 Å². The standard InChI is InChI=1S/C4H6INO2/c5-3-1-6(2-3)4(7)8/h3H,1-2H2,(H,7,8). The average Bonchev–Trinajstić information content (AvgIpc) is 1.57. The van der Waals surface area contributed by atoms with E-state index in [-0.39, 0.29) is 0 Å². The van der Waals surface area contributed by atoms with E-state index in [4.69, 9.17) is 5.11 Å². The van der Waals surface area contributed by atoms with Crippen molar-refractivity contribution >= 4 is 28.7 Å². The Morgan fingerprint density at radius 2 is 2.25 bits per heavy atom. The highest BCUT2D eigenvalue weighted by molar-refractivity contribution is 14.1. The zero-order valence-electron chi connectivity index (χ0n) is 4.17. The molecule has 0 aromatic rings. The van der Waals surface area contributed by atoms with Crippen LogP contribution in [0.15, 0.2) is 0 Å². The number of amides is 1. The molecule has 1 N–H and O–H groups in total. The number of halogens is 1. The highest BCUT2D eigenvalue weighted by Gasteiger charge is 2.27. The number of carbonyl (C=O) groups is 1. The lowest BCUT2D eigenvalue weighted by Gasteiger charge is -2.32. The van der Waals surface area contributed by atoms with E-state index in [1.54, 1.807) is 0 Å². The third kappa shape index (κ3) is 1.04. The summed E-state index contributed by atoms with van der Waals surface area (Å²) in [6, 6.07) is 0. The van der Waals surface area contributed by atoms with Crippen LogP contribution in [0.3, 0.4) is 0 Å². The Labute approximate surface area is 60.8 Å². The summed E-state index contributed by atoms with van der Waals surface area (Å²) in [5.41, 5.74) is 0. The first kappa shape index (κ1) is 6.12. The highest BCUT2D eigenvalue weighted by atomic mass is 127. The lowest BCUT2D eigenvalue weighted by Crippen LogP contribution is -2.49. The Bertz CT molecular complexity index is 111. The van der Waals surface area contributed by atoms with Crippen LogP contribution in [-0.2, 0) is 0 Å². The van der Waals surface area contributed by atoms with Gasteiger partial charge in [-0.2, -0.15) is 0 Å². The monoisotopic (exact) mass is 227 g/mol. The van der Waals surface area contributed by atoms with Crippen LogP contribution in [-0.4, -0.2) is 33.1 Å². The van der Waals surface area contributed by atoms with Crippen molar-refractivity contribution in [3.8, 4) is 0 Å². The molecule has 46 valence electrons. The van der Waals surface area contributed by atoms with Crippen LogP contribution < -0.4 is 0 Å². The molecule has 0 spiro atoms. The SMILES string of the molecule is O=C(O)N1CC(I)C1. The van der Waals surface area contributed by atoms with Gasteiger partial charge in [0, 0.05) is 17.0 Å². The van der Waals surface area contributed by atoms with Crippen LogP contribution in [0.25, 0.3) is 0 Å². The number of rotatable bonds is 0. The molecule has 0 aromatic carbocycles. The molecular weight excluding hydrogens is 221 g/mol. The molecule has 0 saturated carbocycles. The van der Waals surface area contributed by atoms with Crippen LogP contribution in [0.5, 0.6) is 0 Å². The van der Waals surface area contributed by atoms with E-state index in [0.717, 1.165) is 0 Å². The van der Waals surface area contributed by atoms with Gasteiger partial charge in [0.1, 0.15) is 0 Å². The van der Waals surface area contributed by atoms with Crippen LogP contribution in [0, 0.1) is 0 Å². The molecule has 8 heavy (non-hydrogen) atoms. The quantitative estimate of drug-likeness (QED) is 0.490. The fourth-order valence-corrected chi connectivity index (χ4v) is 1.53. The molecule has 0 bridgehead atoms. The lowest BCUT2D eigenvalue weighted by atomic mass is 10.2. The van der Waals surface area contributed by atoms with Gasteiger partial charge in [-0.05, 0) is 0 Å². The summed E-state index contributed by atoms with van der Waals surface area (Å²) >= 11 is 2.24. The van der Waals surface area contributed by atoms with Crippen molar-refractivity contribution in [2.24, 2.45) is 0 Å². The molecule has 1 saturated heterocycles. The predicted molar refractivity (Wildman–Crippen MR) is 37.4 cm³/mol. The third-order valence-corrected chi connectivity index (χ3v) is 1.90. The zero-order valence-corrected chi connectivity index (χ0v) is 6.33. The Balaban J connectivity index is 2.25. The van der Waals surface area contributed by atoms with Crippen molar-refractivity contribution in [1.82, 2.24) is 4.90 Å². The second kappa shape index (κ2) is 2.08. The zero-order chi connectivity index (χ0) is 6.15. The lowest BCUT2D eigenvalue weighted by molar-refractivity contribution is 0.123. The maximum absolute atomic E-state index is 10.0. The maximum Gasteiger partial charge on any atom is 0.407 e. The highest BCUT2D eigenvalue weighted by Crippen LogP contribution is 2.15. The van der Waals surface area contributed by atoms with Crippen molar-refractivity contribution in [1.29, 1.82) is 0 Å². The average molecular weight is 227 g/mol. The molecule has 0 aromatic heterocycles. The molecule has 3 nitrogen and oxygen atoms in total. The molecular formula is C4H6INO2. The molecule has 0 atom stereocenters. The summed E-state index contributed by atoms with van der Waals surface area (Å²) in [6.07, 6.45) is -0.794. The van der Waals surface area contributed by atoms with Crippen molar-refractivity contribution < 1.29 is 9.90 Å². The van der Waals surface area contributed by atoms with Gasteiger partial charge >= 0.3 is 6.09 Å². The van der Waals surface area contributed by atoms with E-state index in [1.165, 1.54) is 4.90 Å². The molecule has 0 unspecified atom stereocenters. The Morgan fingerprint density at radius 1 is 1.75 bits per heavy atom.